The molecular weight excluding hydrogens is 166 g/mol. The average molecular weight is 179 g/mol. The van der Waals surface area contributed by atoms with E-state index in [0.29, 0.717) is 12.8 Å². The van der Waals surface area contributed by atoms with Crippen molar-refractivity contribution >= 4 is 10.0 Å². The zero-order valence-corrected chi connectivity index (χ0v) is 7.05. The Labute approximate surface area is 66.5 Å². The van der Waals surface area contributed by atoms with Crippen LogP contribution in [0.2, 0.25) is 0 Å². The fourth-order valence-corrected chi connectivity index (χ4v) is 2.53. The minimum absolute atomic E-state index is 0.500. The first-order valence-corrected chi connectivity index (χ1v) is 5.32. The van der Waals surface area contributed by atoms with Gasteiger partial charge in [0.2, 0.25) is 10.0 Å². The first kappa shape index (κ1) is 8.96. The van der Waals surface area contributed by atoms with E-state index in [2.05, 4.69) is 0 Å². The van der Waals surface area contributed by atoms with E-state index in [1.54, 1.807) is 0 Å². The molecule has 1 fully saturated rings. The van der Waals surface area contributed by atoms with Crippen molar-refractivity contribution < 1.29 is 13.5 Å². The number of aliphatic hydroxyl groups is 1. The summed E-state index contributed by atoms with van der Waals surface area (Å²) in [6, 6.07) is 0. The molecule has 0 bridgehead atoms. The highest BCUT2D eigenvalue weighted by molar-refractivity contribution is 7.89. The van der Waals surface area contributed by atoms with Gasteiger partial charge in [-0.3, -0.25) is 0 Å². The number of hydrogen-bond acceptors (Lipinski definition) is 3. The van der Waals surface area contributed by atoms with Gasteiger partial charge in [-0.05, 0) is 12.8 Å². The largest absolute Gasteiger partial charge is 0.392 e. The molecule has 4 nitrogen and oxygen atoms in total. The van der Waals surface area contributed by atoms with Gasteiger partial charge >= 0.3 is 0 Å². The van der Waals surface area contributed by atoms with E-state index in [4.69, 9.17) is 5.14 Å². The summed E-state index contributed by atoms with van der Waals surface area (Å²) >= 11 is 0. The maximum atomic E-state index is 10.8. The fourth-order valence-electron chi connectivity index (χ4n) is 1.46. The van der Waals surface area contributed by atoms with E-state index in [1.165, 1.54) is 0 Å². The van der Waals surface area contributed by atoms with Gasteiger partial charge in [0.1, 0.15) is 5.25 Å². The van der Waals surface area contributed by atoms with Crippen LogP contribution in [-0.4, -0.2) is 24.9 Å². The van der Waals surface area contributed by atoms with Gasteiger partial charge in [-0.1, -0.05) is 12.8 Å². The van der Waals surface area contributed by atoms with Crippen LogP contribution >= 0.6 is 0 Å². The maximum absolute atomic E-state index is 10.8. The van der Waals surface area contributed by atoms with E-state index in [9.17, 15) is 13.5 Å². The summed E-state index contributed by atoms with van der Waals surface area (Å²) in [6.45, 7) is 0. The summed E-state index contributed by atoms with van der Waals surface area (Å²) in [4.78, 5) is 0. The summed E-state index contributed by atoms with van der Waals surface area (Å²) < 4.78 is 21.6. The molecule has 3 N–H and O–H groups in total. The van der Waals surface area contributed by atoms with Gasteiger partial charge in [0.15, 0.2) is 0 Å². The lowest BCUT2D eigenvalue weighted by Gasteiger charge is -2.25. The van der Waals surface area contributed by atoms with Gasteiger partial charge in [-0.25, -0.2) is 13.6 Å². The van der Waals surface area contributed by atoms with Crippen molar-refractivity contribution in [2.75, 3.05) is 0 Å². The maximum Gasteiger partial charge on any atom is 0.214 e. The molecule has 1 saturated carbocycles. The number of sulfonamides is 1. The predicted molar refractivity (Wildman–Crippen MR) is 41.4 cm³/mol. The fraction of sp³-hybridized carbons (Fsp3) is 1.00. The molecule has 11 heavy (non-hydrogen) atoms. The standard InChI is InChI=1S/C6H13NO3S/c7-11(9,10)6-4-2-1-3-5(6)8/h5-6,8H,1-4H2,(H2,7,9,10)/t5-,6+/m0/s1. The molecular formula is C6H13NO3S. The van der Waals surface area contributed by atoms with Gasteiger partial charge in [0, 0.05) is 0 Å². The monoisotopic (exact) mass is 179 g/mol. The Morgan fingerprint density at radius 1 is 1.27 bits per heavy atom. The Morgan fingerprint density at radius 2 is 1.82 bits per heavy atom. The SMILES string of the molecule is NS(=O)(=O)[C@@H]1CCCC[C@@H]1O. The van der Waals surface area contributed by atoms with Crippen LogP contribution in [0.3, 0.4) is 0 Å². The first-order chi connectivity index (χ1) is 5.02. The van der Waals surface area contributed by atoms with E-state index in [-0.39, 0.29) is 0 Å². The highest BCUT2D eigenvalue weighted by Gasteiger charge is 2.31. The van der Waals surface area contributed by atoms with Crippen molar-refractivity contribution in [1.29, 1.82) is 0 Å². The van der Waals surface area contributed by atoms with Gasteiger partial charge in [-0.2, -0.15) is 0 Å². The molecule has 0 heterocycles. The smallest absolute Gasteiger partial charge is 0.214 e. The minimum Gasteiger partial charge on any atom is -0.392 e. The molecule has 5 heteroatoms. The van der Waals surface area contributed by atoms with E-state index in [0.717, 1.165) is 12.8 Å². The summed E-state index contributed by atoms with van der Waals surface area (Å²) in [5.41, 5.74) is 0. The molecule has 0 spiro atoms. The van der Waals surface area contributed by atoms with Crippen LogP contribution in [0.4, 0.5) is 0 Å². The molecule has 0 aromatic heterocycles. The lowest BCUT2D eigenvalue weighted by molar-refractivity contribution is 0.133. The summed E-state index contributed by atoms with van der Waals surface area (Å²) in [5.74, 6) is 0. The number of aliphatic hydroxyl groups excluding tert-OH is 1. The number of rotatable bonds is 1. The number of primary sulfonamides is 1. The highest BCUT2D eigenvalue weighted by Crippen LogP contribution is 2.22. The molecule has 0 aliphatic heterocycles. The quantitative estimate of drug-likeness (QED) is 0.573. The molecule has 0 aromatic carbocycles. The third-order valence-corrected chi connectivity index (χ3v) is 3.48. The zero-order valence-electron chi connectivity index (χ0n) is 6.23. The molecule has 1 rings (SSSR count). The van der Waals surface area contributed by atoms with Crippen LogP contribution in [0.25, 0.3) is 0 Å². The normalized spacial score (nSPS) is 33.6. The van der Waals surface area contributed by atoms with Crippen molar-refractivity contribution in [3.8, 4) is 0 Å². The molecule has 0 radical (unpaired) electrons. The van der Waals surface area contributed by atoms with Crippen LogP contribution in [0.1, 0.15) is 25.7 Å². The van der Waals surface area contributed by atoms with Crippen LogP contribution in [0.15, 0.2) is 0 Å². The van der Waals surface area contributed by atoms with E-state index in [1.807, 2.05) is 0 Å². The highest BCUT2D eigenvalue weighted by atomic mass is 32.2. The Morgan fingerprint density at radius 3 is 2.18 bits per heavy atom. The lowest BCUT2D eigenvalue weighted by atomic mass is 9.97. The Balaban J connectivity index is 2.70. The van der Waals surface area contributed by atoms with Crippen molar-refractivity contribution in [1.82, 2.24) is 0 Å². The van der Waals surface area contributed by atoms with Crippen molar-refractivity contribution in [2.45, 2.75) is 37.0 Å². The first-order valence-electron chi connectivity index (χ1n) is 3.71. The van der Waals surface area contributed by atoms with Crippen LogP contribution in [0, 0.1) is 0 Å². The van der Waals surface area contributed by atoms with Gasteiger partial charge < -0.3 is 5.11 Å². The van der Waals surface area contributed by atoms with Gasteiger partial charge in [0.05, 0.1) is 6.10 Å². The lowest BCUT2D eigenvalue weighted by Crippen LogP contribution is -2.40. The molecule has 0 amide bonds. The second-order valence-electron chi connectivity index (χ2n) is 2.98. The second-order valence-corrected chi connectivity index (χ2v) is 4.76. The number of nitrogens with two attached hydrogens (primary N) is 1. The molecule has 2 atom stereocenters. The van der Waals surface area contributed by atoms with Crippen molar-refractivity contribution in [3.63, 3.8) is 0 Å². The summed E-state index contributed by atoms with van der Waals surface area (Å²) in [7, 11) is -3.53. The van der Waals surface area contributed by atoms with Crippen molar-refractivity contribution in [2.24, 2.45) is 5.14 Å². The average Bonchev–Trinajstić information content (AvgIpc) is 1.86. The molecule has 0 saturated heterocycles. The summed E-state index contributed by atoms with van der Waals surface area (Å²) in [6.07, 6.45) is 2.05. The zero-order chi connectivity index (χ0) is 8.48. The van der Waals surface area contributed by atoms with Gasteiger partial charge in [0.25, 0.3) is 0 Å². The minimum atomic E-state index is -3.53. The topological polar surface area (TPSA) is 80.4 Å². The predicted octanol–water partition coefficient (Wildman–Crippen LogP) is -0.422. The summed E-state index contributed by atoms with van der Waals surface area (Å²) in [5, 5.41) is 13.4. The third-order valence-electron chi connectivity index (χ3n) is 2.09. The molecule has 0 aromatic rings. The van der Waals surface area contributed by atoms with E-state index >= 15 is 0 Å². The number of hydrogen-bond donors (Lipinski definition) is 2. The molecule has 1 aliphatic carbocycles. The van der Waals surface area contributed by atoms with E-state index < -0.39 is 21.4 Å². The molecule has 1 aliphatic rings. The second kappa shape index (κ2) is 3.08. The van der Waals surface area contributed by atoms with Crippen molar-refractivity contribution in [3.05, 3.63) is 0 Å². The Kier molecular flexibility index (Phi) is 2.51. The van der Waals surface area contributed by atoms with Gasteiger partial charge in [-0.15, -0.1) is 0 Å². The Hall–Kier alpha value is -0.130. The van der Waals surface area contributed by atoms with Crippen LogP contribution < -0.4 is 5.14 Å². The third kappa shape index (κ3) is 2.15. The molecule has 0 unspecified atom stereocenters. The van der Waals surface area contributed by atoms with Crippen LogP contribution in [-0.2, 0) is 10.0 Å². The Bertz CT molecular complexity index is 224. The van der Waals surface area contributed by atoms with Crippen LogP contribution in [0.5, 0.6) is 0 Å². The molecule has 66 valence electrons.